The van der Waals surface area contributed by atoms with Crippen molar-refractivity contribution >= 4 is 5.78 Å². The summed E-state index contributed by atoms with van der Waals surface area (Å²) in [5, 5.41) is 0. The lowest BCUT2D eigenvalue weighted by molar-refractivity contribution is 0.0728. The Morgan fingerprint density at radius 2 is 1.74 bits per heavy atom. The number of hydrogen-bond donors (Lipinski definition) is 0. The summed E-state index contributed by atoms with van der Waals surface area (Å²) >= 11 is 0. The lowest BCUT2D eigenvalue weighted by atomic mass is 9.93. The van der Waals surface area contributed by atoms with Crippen LogP contribution in [0.5, 0.6) is 0 Å². The predicted octanol–water partition coefficient (Wildman–Crippen LogP) is 5.76. The highest BCUT2D eigenvalue weighted by atomic mass is 16.5. The molecule has 0 N–H and O–H groups in total. The minimum absolute atomic E-state index is 0.00834. The van der Waals surface area contributed by atoms with Gasteiger partial charge in [0, 0.05) is 24.7 Å². The summed E-state index contributed by atoms with van der Waals surface area (Å²) < 4.78 is 12.3. The molecule has 3 nitrogen and oxygen atoms in total. The van der Waals surface area contributed by atoms with Gasteiger partial charge in [0.2, 0.25) is 0 Å². The van der Waals surface area contributed by atoms with Crippen LogP contribution in [0, 0.1) is 0 Å². The fraction of sp³-hybridized carbons (Fsp3) is 0.292. The minimum atomic E-state index is -0.314. The summed E-state index contributed by atoms with van der Waals surface area (Å²) in [7, 11) is 0. The summed E-state index contributed by atoms with van der Waals surface area (Å²) in [6.45, 7) is 4.14. The molecule has 0 saturated heterocycles. The molecule has 0 fully saturated rings. The van der Waals surface area contributed by atoms with Crippen LogP contribution in [0.1, 0.15) is 59.4 Å². The lowest BCUT2D eigenvalue weighted by Gasteiger charge is -2.20. The highest BCUT2D eigenvalue weighted by Crippen LogP contribution is 2.41. The first-order valence-corrected chi connectivity index (χ1v) is 9.62. The smallest absolute Gasteiger partial charge is 0.195 e. The number of carbonyl (C=O) groups excluding carboxylic acids is 1. The number of furan rings is 1. The van der Waals surface area contributed by atoms with E-state index in [1.165, 1.54) is 5.56 Å². The first-order valence-electron chi connectivity index (χ1n) is 9.62. The Kier molecular flexibility index (Phi) is 4.95. The van der Waals surface area contributed by atoms with E-state index in [1.54, 1.807) is 6.92 Å². The highest BCUT2D eigenvalue weighted by Gasteiger charge is 2.32. The zero-order valence-electron chi connectivity index (χ0n) is 15.8. The molecule has 0 radical (unpaired) electrons. The molecule has 0 saturated carbocycles. The molecule has 0 amide bonds. The van der Waals surface area contributed by atoms with Crippen LogP contribution in [0.3, 0.4) is 0 Å². The van der Waals surface area contributed by atoms with Crippen molar-refractivity contribution in [2.24, 2.45) is 0 Å². The lowest BCUT2D eigenvalue weighted by Crippen LogP contribution is -2.09. The van der Waals surface area contributed by atoms with Crippen LogP contribution in [0.15, 0.2) is 59.0 Å². The molecule has 2 aromatic carbocycles. The monoisotopic (exact) mass is 360 g/mol. The summed E-state index contributed by atoms with van der Waals surface area (Å²) in [5.74, 6) is 1.31. The van der Waals surface area contributed by atoms with E-state index in [0.717, 1.165) is 47.3 Å². The van der Waals surface area contributed by atoms with Crippen LogP contribution in [0.4, 0.5) is 0 Å². The Balaban J connectivity index is 1.87. The van der Waals surface area contributed by atoms with Crippen LogP contribution in [0.25, 0.3) is 11.1 Å². The quantitative estimate of drug-likeness (QED) is 0.524. The van der Waals surface area contributed by atoms with Gasteiger partial charge in [-0.15, -0.1) is 0 Å². The van der Waals surface area contributed by atoms with E-state index >= 15 is 0 Å². The van der Waals surface area contributed by atoms with E-state index in [1.807, 2.05) is 37.3 Å². The number of fused-ring (bicyclic) bond motifs is 1. The summed E-state index contributed by atoms with van der Waals surface area (Å²) in [4.78, 5) is 12.1. The molecule has 1 unspecified atom stereocenters. The molecule has 138 valence electrons. The fourth-order valence-electron chi connectivity index (χ4n) is 4.08. The molecule has 3 aromatic rings. The molecular weight excluding hydrogens is 336 g/mol. The van der Waals surface area contributed by atoms with Gasteiger partial charge in [0.1, 0.15) is 11.9 Å². The van der Waals surface area contributed by atoms with E-state index in [-0.39, 0.29) is 11.9 Å². The summed E-state index contributed by atoms with van der Waals surface area (Å²) in [6, 6.07) is 18.6. The number of carbonyl (C=O) groups is 1. The number of hydrogen-bond acceptors (Lipinski definition) is 3. The Labute approximate surface area is 160 Å². The number of ketones is 1. The van der Waals surface area contributed by atoms with E-state index in [4.69, 9.17) is 9.15 Å². The van der Waals surface area contributed by atoms with Crippen molar-refractivity contribution in [3.05, 3.63) is 82.8 Å². The molecule has 4 rings (SSSR count). The first kappa shape index (κ1) is 17.7. The van der Waals surface area contributed by atoms with Gasteiger partial charge in [0.25, 0.3) is 0 Å². The van der Waals surface area contributed by atoms with Crippen molar-refractivity contribution < 1.29 is 13.9 Å². The zero-order chi connectivity index (χ0) is 18.8. The maximum atomic E-state index is 12.1. The summed E-state index contributed by atoms with van der Waals surface area (Å²) in [5.41, 5.74) is 5.60. The highest BCUT2D eigenvalue weighted by molar-refractivity contribution is 5.93. The maximum Gasteiger partial charge on any atom is 0.195 e. The predicted molar refractivity (Wildman–Crippen MR) is 106 cm³/mol. The molecule has 1 atom stereocenters. The second-order valence-electron chi connectivity index (χ2n) is 6.95. The Morgan fingerprint density at radius 3 is 2.48 bits per heavy atom. The molecule has 1 aliphatic carbocycles. The van der Waals surface area contributed by atoms with E-state index in [0.29, 0.717) is 12.4 Å². The molecule has 27 heavy (non-hydrogen) atoms. The Hall–Kier alpha value is -2.65. The van der Waals surface area contributed by atoms with Crippen LogP contribution in [-0.4, -0.2) is 12.4 Å². The van der Waals surface area contributed by atoms with Crippen LogP contribution in [-0.2, 0) is 17.6 Å². The van der Waals surface area contributed by atoms with Gasteiger partial charge in [0.15, 0.2) is 11.5 Å². The van der Waals surface area contributed by atoms with Crippen LogP contribution in [0.2, 0.25) is 0 Å². The number of Topliss-reactive ketones (excluding diaryl/α,β-unsaturated/α-hetero) is 1. The van der Waals surface area contributed by atoms with Crippen molar-refractivity contribution in [3.63, 3.8) is 0 Å². The van der Waals surface area contributed by atoms with Gasteiger partial charge in [-0.05, 0) is 42.9 Å². The zero-order valence-corrected chi connectivity index (χ0v) is 15.8. The van der Waals surface area contributed by atoms with Crippen molar-refractivity contribution in [1.82, 2.24) is 0 Å². The maximum absolute atomic E-state index is 12.1. The molecule has 0 bridgehead atoms. The standard InChI is InChI=1S/C24H24O3/c1-3-26-23(24-21-15-9-14-20(21)22(27-24)16(2)25)19-13-8-7-12-18(19)17-10-5-4-6-11-17/h4-8,10-13,23H,3,9,14-15H2,1-2H3. The van der Waals surface area contributed by atoms with Crippen molar-refractivity contribution in [2.75, 3.05) is 6.61 Å². The molecule has 3 heteroatoms. The third kappa shape index (κ3) is 3.24. The van der Waals surface area contributed by atoms with Crippen molar-refractivity contribution in [1.29, 1.82) is 0 Å². The second kappa shape index (κ2) is 7.53. The molecule has 1 aromatic heterocycles. The van der Waals surface area contributed by atoms with Gasteiger partial charge in [0.05, 0.1) is 0 Å². The SMILES string of the molecule is CCOC(c1ccccc1-c1ccccc1)c1oc(C(C)=O)c2c1CCC2. The fourth-order valence-corrected chi connectivity index (χ4v) is 4.08. The average molecular weight is 360 g/mol. The van der Waals surface area contributed by atoms with Gasteiger partial charge in [-0.25, -0.2) is 0 Å². The normalized spacial score (nSPS) is 14.1. The molecule has 0 aliphatic heterocycles. The topological polar surface area (TPSA) is 39.4 Å². The first-order chi connectivity index (χ1) is 13.2. The van der Waals surface area contributed by atoms with Crippen LogP contribution >= 0.6 is 0 Å². The third-order valence-corrected chi connectivity index (χ3v) is 5.22. The Bertz CT molecular complexity index is 953. The third-order valence-electron chi connectivity index (χ3n) is 5.22. The molecule has 1 heterocycles. The van der Waals surface area contributed by atoms with Gasteiger partial charge in [-0.2, -0.15) is 0 Å². The van der Waals surface area contributed by atoms with E-state index < -0.39 is 0 Å². The summed E-state index contributed by atoms with van der Waals surface area (Å²) in [6.07, 6.45) is 2.60. The van der Waals surface area contributed by atoms with E-state index in [9.17, 15) is 4.79 Å². The van der Waals surface area contributed by atoms with Gasteiger partial charge in [-0.1, -0.05) is 54.6 Å². The second-order valence-corrected chi connectivity index (χ2v) is 6.95. The molecule has 0 spiro atoms. The van der Waals surface area contributed by atoms with E-state index in [2.05, 4.69) is 24.3 Å². The minimum Gasteiger partial charge on any atom is -0.454 e. The number of benzene rings is 2. The van der Waals surface area contributed by atoms with Crippen molar-refractivity contribution in [3.8, 4) is 11.1 Å². The number of ether oxygens (including phenoxy) is 1. The van der Waals surface area contributed by atoms with Crippen LogP contribution < -0.4 is 0 Å². The largest absolute Gasteiger partial charge is 0.454 e. The van der Waals surface area contributed by atoms with Crippen molar-refractivity contribution in [2.45, 2.75) is 39.2 Å². The van der Waals surface area contributed by atoms with Gasteiger partial charge < -0.3 is 9.15 Å². The number of rotatable bonds is 6. The van der Waals surface area contributed by atoms with Gasteiger partial charge in [-0.3, -0.25) is 4.79 Å². The van der Waals surface area contributed by atoms with Gasteiger partial charge >= 0.3 is 0 Å². The Morgan fingerprint density at radius 1 is 1.04 bits per heavy atom. The average Bonchev–Trinajstić information content (AvgIpc) is 3.30. The molecular formula is C24H24O3. The molecule has 1 aliphatic rings.